The molecule has 168 valence electrons. The minimum atomic E-state index is -3.54. The first-order valence-corrected chi connectivity index (χ1v) is 11.7. The number of hydrogen-bond acceptors (Lipinski definition) is 8. The maximum Gasteiger partial charge on any atom is 0.270 e. The lowest BCUT2D eigenvalue weighted by Gasteiger charge is -2.20. The lowest BCUT2D eigenvalue weighted by atomic mass is 9.93. The van der Waals surface area contributed by atoms with Gasteiger partial charge in [-0.05, 0) is 30.5 Å². The van der Waals surface area contributed by atoms with Crippen molar-refractivity contribution in [2.75, 3.05) is 17.5 Å². The Hall–Kier alpha value is -2.66. The molecule has 3 unspecified atom stereocenters. The van der Waals surface area contributed by atoms with Crippen LogP contribution in [0, 0.1) is 28.9 Å². The number of hydrogen-bond donors (Lipinski definition) is 4. The fourth-order valence-corrected chi connectivity index (χ4v) is 4.19. The quantitative estimate of drug-likeness (QED) is 0.401. The van der Waals surface area contributed by atoms with Crippen LogP contribution in [0.3, 0.4) is 0 Å². The van der Waals surface area contributed by atoms with Crippen LogP contribution in [0.15, 0.2) is 23.6 Å². The molecule has 4 N–H and O–H groups in total. The van der Waals surface area contributed by atoms with E-state index in [0.29, 0.717) is 6.07 Å². The average molecular weight is 475 g/mol. The first kappa shape index (κ1) is 24.6. The average Bonchev–Trinajstić information content (AvgIpc) is 3.11. The standard InChI is InChI=1S/C18H20F2N4O5S2/c1-31(28,29)24-18-23-14(9-30-18)17(27)22-8-16(26)15(25)5-11(7-21)2-10-3-12(19)6-13(20)4-10/h3-4,6,9,11,15-16,25-26H,2,5,8H2,1H3,(H,22,27)(H,23,24). The van der Waals surface area contributed by atoms with Gasteiger partial charge in [-0.15, -0.1) is 11.3 Å². The number of aliphatic hydroxyl groups is 2. The van der Waals surface area contributed by atoms with Gasteiger partial charge < -0.3 is 15.5 Å². The molecule has 1 amide bonds. The molecule has 0 saturated heterocycles. The summed E-state index contributed by atoms with van der Waals surface area (Å²) in [5.41, 5.74) is 0.155. The third-order valence-corrected chi connectivity index (χ3v) is 5.49. The van der Waals surface area contributed by atoms with Gasteiger partial charge in [0.2, 0.25) is 10.0 Å². The zero-order valence-corrected chi connectivity index (χ0v) is 17.9. The fraction of sp³-hybridized carbons (Fsp3) is 0.389. The molecular formula is C18H20F2N4O5S2. The van der Waals surface area contributed by atoms with Gasteiger partial charge in [-0.3, -0.25) is 9.52 Å². The first-order chi connectivity index (χ1) is 14.5. The number of rotatable bonds is 10. The number of amides is 1. The highest BCUT2D eigenvalue weighted by Crippen LogP contribution is 2.18. The molecule has 1 heterocycles. The van der Waals surface area contributed by atoms with Crippen LogP contribution in [0.25, 0.3) is 0 Å². The second-order valence-electron chi connectivity index (χ2n) is 6.80. The number of nitrogens with one attached hydrogen (secondary N) is 2. The zero-order valence-electron chi connectivity index (χ0n) is 16.2. The minimum absolute atomic E-state index is 0.00104. The maximum absolute atomic E-state index is 13.3. The van der Waals surface area contributed by atoms with Crippen molar-refractivity contribution in [2.45, 2.75) is 25.0 Å². The number of thiazole rings is 1. The molecule has 0 aliphatic heterocycles. The number of anilines is 1. The van der Waals surface area contributed by atoms with Crippen LogP contribution in [0.5, 0.6) is 0 Å². The molecule has 3 atom stereocenters. The first-order valence-electron chi connectivity index (χ1n) is 8.89. The molecule has 0 fully saturated rings. The number of nitriles is 1. The molecule has 0 spiro atoms. The van der Waals surface area contributed by atoms with E-state index in [-0.39, 0.29) is 35.8 Å². The number of nitrogens with zero attached hydrogens (tertiary/aromatic N) is 2. The van der Waals surface area contributed by atoms with Crippen molar-refractivity contribution >= 4 is 32.4 Å². The van der Waals surface area contributed by atoms with Crippen LogP contribution in [-0.4, -0.2) is 54.5 Å². The summed E-state index contributed by atoms with van der Waals surface area (Å²) in [6, 6.07) is 4.78. The summed E-state index contributed by atoms with van der Waals surface area (Å²) >= 11 is 0.896. The number of aromatic nitrogens is 1. The molecule has 13 heteroatoms. The van der Waals surface area contributed by atoms with Gasteiger partial charge in [0.1, 0.15) is 17.3 Å². The SMILES string of the molecule is CS(=O)(=O)Nc1nc(C(=O)NCC(O)C(O)CC(C#N)Cc2cc(F)cc(F)c2)cs1. The third-order valence-electron chi connectivity index (χ3n) is 4.04. The topological polar surface area (TPSA) is 152 Å². The monoisotopic (exact) mass is 474 g/mol. The summed E-state index contributed by atoms with van der Waals surface area (Å²) in [5.74, 6) is -3.10. The molecule has 0 aliphatic rings. The number of carbonyl (C=O) groups excluding carboxylic acids is 1. The van der Waals surface area contributed by atoms with Gasteiger partial charge in [0, 0.05) is 18.0 Å². The summed E-state index contributed by atoms with van der Waals surface area (Å²) in [6.45, 7) is -0.362. The predicted molar refractivity (Wildman–Crippen MR) is 109 cm³/mol. The lowest BCUT2D eigenvalue weighted by molar-refractivity contribution is 0.00986. The van der Waals surface area contributed by atoms with E-state index in [1.807, 2.05) is 6.07 Å². The van der Waals surface area contributed by atoms with Crippen molar-refractivity contribution in [1.29, 1.82) is 5.26 Å². The van der Waals surface area contributed by atoms with Gasteiger partial charge in [0.15, 0.2) is 5.13 Å². The Kier molecular flexibility index (Phi) is 8.40. The Morgan fingerprint density at radius 2 is 1.90 bits per heavy atom. The highest BCUT2D eigenvalue weighted by atomic mass is 32.2. The van der Waals surface area contributed by atoms with E-state index < -0.39 is 45.7 Å². The van der Waals surface area contributed by atoms with E-state index in [4.69, 9.17) is 0 Å². The number of halogens is 2. The smallest absolute Gasteiger partial charge is 0.270 e. The molecule has 2 rings (SSSR count). The van der Waals surface area contributed by atoms with Crippen molar-refractivity contribution in [2.24, 2.45) is 5.92 Å². The maximum atomic E-state index is 13.3. The highest BCUT2D eigenvalue weighted by molar-refractivity contribution is 7.92. The van der Waals surface area contributed by atoms with E-state index in [1.54, 1.807) is 0 Å². The highest BCUT2D eigenvalue weighted by Gasteiger charge is 2.23. The van der Waals surface area contributed by atoms with Gasteiger partial charge in [-0.1, -0.05) is 0 Å². The Morgan fingerprint density at radius 3 is 2.48 bits per heavy atom. The van der Waals surface area contributed by atoms with E-state index in [0.717, 1.165) is 29.7 Å². The number of aliphatic hydroxyl groups excluding tert-OH is 2. The second kappa shape index (κ2) is 10.6. The van der Waals surface area contributed by atoms with Crippen molar-refractivity contribution < 1.29 is 32.2 Å². The van der Waals surface area contributed by atoms with Crippen LogP contribution in [0.2, 0.25) is 0 Å². The molecule has 0 saturated carbocycles. The van der Waals surface area contributed by atoms with Crippen LogP contribution in [0.4, 0.5) is 13.9 Å². The van der Waals surface area contributed by atoms with Gasteiger partial charge in [0.25, 0.3) is 5.91 Å². The van der Waals surface area contributed by atoms with Gasteiger partial charge >= 0.3 is 0 Å². The number of sulfonamides is 1. The molecule has 0 bridgehead atoms. The lowest BCUT2D eigenvalue weighted by Crippen LogP contribution is -2.40. The normalized spacial score (nSPS) is 14.3. The molecular weight excluding hydrogens is 454 g/mol. The predicted octanol–water partition coefficient (Wildman–Crippen LogP) is 1.02. The van der Waals surface area contributed by atoms with E-state index in [9.17, 15) is 37.5 Å². The summed E-state index contributed by atoms with van der Waals surface area (Å²) in [7, 11) is -3.54. The van der Waals surface area contributed by atoms with Crippen LogP contribution < -0.4 is 10.0 Å². The van der Waals surface area contributed by atoms with E-state index >= 15 is 0 Å². The van der Waals surface area contributed by atoms with Crippen molar-refractivity contribution in [3.63, 3.8) is 0 Å². The van der Waals surface area contributed by atoms with Gasteiger partial charge in [-0.2, -0.15) is 5.26 Å². The Balaban J connectivity index is 1.87. The Bertz CT molecular complexity index is 1050. The minimum Gasteiger partial charge on any atom is -0.390 e. The molecule has 2 aromatic rings. The molecule has 9 nitrogen and oxygen atoms in total. The van der Waals surface area contributed by atoms with Crippen LogP contribution in [0.1, 0.15) is 22.5 Å². The molecule has 1 aromatic heterocycles. The summed E-state index contributed by atoms with van der Waals surface area (Å²) in [5, 5.41) is 33.1. The second-order valence-corrected chi connectivity index (χ2v) is 9.41. The van der Waals surface area contributed by atoms with Crippen molar-refractivity contribution in [3.05, 3.63) is 46.5 Å². The number of benzene rings is 1. The third kappa shape index (κ3) is 8.18. The van der Waals surface area contributed by atoms with Gasteiger partial charge in [0.05, 0.1) is 30.5 Å². The zero-order chi connectivity index (χ0) is 23.2. The van der Waals surface area contributed by atoms with E-state index in [2.05, 4.69) is 15.0 Å². The van der Waals surface area contributed by atoms with Crippen LogP contribution >= 0.6 is 11.3 Å². The van der Waals surface area contributed by atoms with Gasteiger partial charge in [-0.25, -0.2) is 22.2 Å². The summed E-state index contributed by atoms with van der Waals surface area (Å²) < 4.78 is 51.0. The molecule has 0 radical (unpaired) electrons. The fourth-order valence-electron chi connectivity index (χ4n) is 2.65. The van der Waals surface area contributed by atoms with Crippen molar-refractivity contribution in [1.82, 2.24) is 10.3 Å². The molecule has 0 aliphatic carbocycles. The molecule has 1 aromatic carbocycles. The van der Waals surface area contributed by atoms with Crippen molar-refractivity contribution in [3.8, 4) is 6.07 Å². The Labute approximate surface area is 181 Å². The largest absolute Gasteiger partial charge is 0.390 e. The summed E-state index contributed by atoms with van der Waals surface area (Å²) in [4.78, 5) is 15.9. The van der Waals surface area contributed by atoms with Crippen LogP contribution in [-0.2, 0) is 16.4 Å². The summed E-state index contributed by atoms with van der Waals surface area (Å²) in [6.07, 6.45) is -2.09. The Morgan fingerprint density at radius 1 is 1.26 bits per heavy atom. The molecule has 31 heavy (non-hydrogen) atoms. The number of carbonyl (C=O) groups is 1. The van der Waals surface area contributed by atoms with E-state index in [1.165, 1.54) is 5.38 Å².